The van der Waals surface area contributed by atoms with E-state index in [-0.39, 0.29) is 5.54 Å². The van der Waals surface area contributed by atoms with E-state index in [4.69, 9.17) is 0 Å². The van der Waals surface area contributed by atoms with Crippen LogP contribution in [-0.4, -0.2) is 37.0 Å². The smallest absolute Gasteiger partial charge is 0.156 e. The van der Waals surface area contributed by atoms with E-state index in [0.29, 0.717) is 5.01 Å². The fourth-order valence-electron chi connectivity index (χ4n) is 1.26. The highest BCUT2D eigenvalue weighted by molar-refractivity contribution is 7.91. The van der Waals surface area contributed by atoms with E-state index < -0.39 is 15.1 Å². The van der Waals surface area contributed by atoms with E-state index in [1.165, 1.54) is 17.6 Å². The van der Waals surface area contributed by atoms with E-state index in [1.807, 2.05) is 0 Å². The minimum atomic E-state index is -3.09. The molecule has 0 bridgehead atoms. The van der Waals surface area contributed by atoms with Crippen LogP contribution in [0.2, 0.25) is 0 Å². The zero-order valence-corrected chi connectivity index (χ0v) is 13.2. The molecule has 5 nitrogen and oxygen atoms in total. The third-order valence-corrected chi connectivity index (χ3v) is 5.29. The highest BCUT2D eigenvalue weighted by atomic mass is 32.2. The van der Waals surface area contributed by atoms with Crippen molar-refractivity contribution in [3.63, 3.8) is 0 Å². The van der Waals surface area contributed by atoms with Crippen LogP contribution in [0.15, 0.2) is 0 Å². The predicted molar refractivity (Wildman–Crippen MR) is 74.6 cm³/mol. The highest BCUT2D eigenvalue weighted by Gasteiger charge is 2.21. The Morgan fingerprint density at radius 2 is 1.94 bits per heavy atom. The number of hydrogen-bond donors (Lipinski definition) is 1. The second kappa shape index (κ2) is 5.63. The van der Waals surface area contributed by atoms with Gasteiger partial charge in [0, 0.05) is 24.8 Å². The topological polar surface area (TPSA) is 72.0 Å². The number of aromatic nitrogens is 2. The summed E-state index contributed by atoms with van der Waals surface area (Å²) in [5.74, 6) is 0. The average Bonchev–Trinajstić information content (AvgIpc) is 2.61. The minimum Gasteiger partial charge on any atom is -0.312 e. The molecule has 18 heavy (non-hydrogen) atoms. The first kappa shape index (κ1) is 15.5. The molecule has 0 saturated heterocycles. The Morgan fingerprint density at radius 1 is 1.33 bits per heavy atom. The van der Waals surface area contributed by atoms with Gasteiger partial charge in [0.25, 0.3) is 0 Å². The molecule has 1 heterocycles. The summed E-state index contributed by atoms with van der Waals surface area (Å²) in [5, 5.41) is 12.2. The van der Waals surface area contributed by atoms with E-state index in [1.54, 1.807) is 6.92 Å². The standard InChI is InChI=1S/C11H21N3O2S2/c1-8(18(5,15)16)10-14-13-9(17-10)6-7-12-11(2,3)4/h8,12H,6-7H2,1-5H3. The summed E-state index contributed by atoms with van der Waals surface area (Å²) in [4.78, 5) is 0. The maximum Gasteiger partial charge on any atom is 0.156 e. The Morgan fingerprint density at radius 3 is 2.44 bits per heavy atom. The molecule has 0 aliphatic carbocycles. The monoisotopic (exact) mass is 291 g/mol. The molecule has 0 saturated carbocycles. The Balaban J connectivity index is 2.59. The van der Waals surface area contributed by atoms with Crippen LogP contribution in [0.4, 0.5) is 0 Å². The lowest BCUT2D eigenvalue weighted by molar-refractivity contribution is 0.429. The summed E-state index contributed by atoms with van der Waals surface area (Å²) in [5.41, 5.74) is 0.0770. The van der Waals surface area contributed by atoms with Crippen molar-refractivity contribution >= 4 is 21.2 Å². The molecule has 1 rings (SSSR count). The van der Waals surface area contributed by atoms with Gasteiger partial charge in [-0.25, -0.2) is 8.42 Å². The van der Waals surface area contributed by atoms with E-state index >= 15 is 0 Å². The Labute approximate surface area is 113 Å². The number of hydrogen-bond acceptors (Lipinski definition) is 6. The maximum atomic E-state index is 11.4. The fraction of sp³-hybridized carbons (Fsp3) is 0.818. The molecule has 0 fully saturated rings. The van der Waals surface area contributed by atoms with Gasteiger partial charge in [0.1, 0.15) is 15.3 Å². The molecule has 104 valence electrons. The van der Waals surface area contributed by atoms with Gasteiger partial charge in [0.15, 0.2) is 9.84 Å². The fourth-order valence-corrected chi connectivity index (χ4v) is 3.12. The highest BCUT2D eigenvalue weighted by Crippen LogP contribution is 2.24. The molecular formula is C11H21N3O2S2. The number of rotatable bonds is 5. The summed E-state index contributed by atoms with van der Waals surface area (Å²) < 4.78 is 22.8. The third kappa shape index (κ3) is 4.99. The second-order valence-corrected chi connectivity index (χ2v) is 8.89. The molecule has 0 aliphatic rings. The quantitative estimate of drug-likeness (QED) is 0.891. The zero-order valence-electron chi connectivity index (χ0n) is 11.5. The van der Waals surface area contributed by atoms with Crippen molar-refractivity contribution in [1.82, 2.24) is 15.5 Å². The Hall–Kier alpha value is -0.530. The average molecular weight is 291 g/mol. The number of sulfone groups is 1. The van der Waals surface area contributed by atoms with Crippen LogP contribution in [-0.2, 0) is 16.3 Å². The van der Waals surface area contributed by atoms with Gasteiger partial charge < -0.3 is 5.32 Å². The van der Waals surface area contributed by atoms with E-state index in [2.05, 4.69) is 36.3 Å². The molecule has 1 N–H and O–H groups in total. The molecule has 7 heteroatoms. The van der Waals surface area contributed by atoms with Crippen LogP contribution in [0, 0.1) is 0 Å². The molecule has 0 amide bonds. The molecule has 1 unspecified atom stereocenters. The van der Waals surface area contributed by atoms with Crippen LogP contribution >= 0.6 is 11.3 Å². The van der Waals surface area contributed by atoms with Crippen LogP contribution in [0.1, 0.15) is 43.0 Å². The van der Waals surface area contributed by atoms with Gasteiger partial charge in [-0.3, -0.25) is 0 Å². The van der Waals surface area contributed by atoms with Crippen molar-refractivity contribution in [2.24, 2.45) is 0 Å². The van der Waals surface area contributed by atoms with Gasteiger partial charge in [0.2, 0.25) is 0 Å². The van der Waals surface area contributed by atoms with Crippen molar-refractivity contribution in [1.29, 1.82) is 0 Å². The lowest BCUT2D eigenvalue weighted by atomic mass is 10.1. The van der Waals surface area contributed by atoms with Crippen molar-refractivity contribution in [2.75, 3.05) is 12.8 Å². The maximum absolute atomic E-state index is 11.4. The minimum absolute atomic E-state index is 0.0770. The molecule has 0 spiro atoms. The van der Waals surface area contributed by atoms with Crippen LogP contribution in [0.3, 0.4) is 0 Å². The number of nitrogens with one attached hydrogen (secondary N) is 1. The molecule has 0 radical (unpaired) electrons. The van der Waals surface area contributed by atoms with Gasteiger partial charge in [-0.2, -0.15) is 0 Å². The summed E-state index contributed by atoms with van der Waals surface area (Å²) in [6.07, 6.45) is 1.99. The lowest BCUT2D eigenvalue weighted by Crippen LogP contribution is -2.37. The van der Waals surface area contributed by atoms with E-state index in [0.717, 1.165) is 18.0 Å². The van der Waals surface area contributed by atoms with Crippen molar-refractivity contribution in [2.45, 2.75) is 44.9 Å². The Bertz CT molecular complexity index is 489. The first-order chi connectivity index (χ1) is 8.09. The summed E-state index contributed by atoms with van der Waals surface area (Å²) in [7, 11) is -3.09. The summed E-state index contributed by atoms with van der Waals surface area (Å²) in [6, 6.07) is 0. The SMILES string of the molecule is CC(c1nnc(CCNC(C)(C)C)s1)S(C)(=O)=O. The van der Waals surface area contributed by atoms with Crippen LogP contribution in [0.5, 0.6) is 0 Å². The molecule has 1 aromatic heterocycles. The van der Waals surface area contributed by atoms with Crippen molar-refractivity contribution < 1.29 is 8.42 Å². The predicted octanol–water partition coefficient (Wildman–Crippen LogP) is 1.57. The first-order valence-corrected chi connectivity index (χ1v) is 8.63. The lowest BCUT2D eigenvalue weighted by Gasteiger charge is -2.19. The van der Waals surface area contributed by atoms with Gasteiger partial charge in [-0.05, 0) is 27.7 Å². The van der Waals surface area contributed by atoms with Gasteiger partial charge in [-0.1, -0.05) is 0 Å². The molecule has 1 atom stereocenters. The molecule has 0 aliphatic heterocycles. The van der Waals surface area contributed by atoms with E-state index in [9.17, 15) is 8.42 Å². The van der Waals surface area contributed by atoms with Crippen LogP contribution in [0.25, 0.3) is 0 Å². The molecule has 0 aromatic carbocycles. The summed E-state index contributed by atoms with van der Waals surface area (Å²) >= 11 is 1.38. The first-order valence-electron chi connectivity index (χ1n) is 5.86. The van der Waals surface area contributed by atoms with Gasteiger partial charge in [-0.15, -0.1) is 21.5 Å². The third-order valence-electron chi connectivity index (χ3n) is 2.47. The normalized spacial score (nSPS) is 14.7. The molecular weight excluding hydrogens is 270 g/mol. The second-order valence-electron chi connectivity index (χ2n) is 5.43. The summed E-state index contributed by atoms with van der Waals surface area (Å²) in [6.45, 7) is 8.76. The Kier molecular flexibility index (Phi) is 4.85. The van der Waals surface area contributed by atoms with Crippen molar-refractivity contribution in [3.05, 3.63) is 10.0 Å². The molecule has 1 aromatic rings. The number of nitrogens with zero attached hydrogens (tertiary/aromatic N) is 2. The van der Waals surface area contributed by atoms with Crippen LogP contribution < -0.4 is 5.32 Å². The zero-order chi connectivity index (χ0) is 14.0. The largest absolute Gasteiger partial charge is 0.312 e. The van der Waals surface area contributed by atoms with Gasteiger partial charge >= 0.3 is 0 Å². The van der Waals surface area contributed by atoms with Crippen molar-refractivity contribution in [3.8, 4) is 0 Å². The van der Waals surface area contributed by atoms with Gasteiger partial charge in [0.05, 0.1) is 0 Å².